The highest BCUT2D eigenvalue weighted by atomic mass is 32.2. The zero-order valence-electron chi connectivity index (χ0n) is 15.6. The Kier molecular flexibility index (Phi) is 5.02. The van der Waals surface area contributed by atoms with Gasteiger partial charge in [-0.05, 0) is 37.5 Å². The maximum absolute atomic E-state index is 12.0. The summed E-state index contributed by atoms with van der Waals surface area (Å²) in [5.41, 5.74) is 3.11. The summed E-state index contributed by atoms with van der Waals surface area (Å²) in [7, 11) is 0. The number of para-hydroxylation sites is 1. The number of fused-ring (bicyclic) bond motifs is 2. The van der Waals surface area contributed by atoms with Gasteiger partial charge in [-0.15, -0.1) is 23.1 Å². The molecule has 0 aliphatic carbocycles. The van der Waals surface area contributed by atoms with E-state index in [9.17, 15) is 4.79 Å². The van der Waals surface area contributed by atoms with Crippen molar-refractivity contribution in [1.29, 1.82) is 0 Å². The SMILES string of the molecule is CCCc1nc(SCc2cc(=O)[nH]c3ccccc23)c2c(C)c(C)sc2n1. The predicted octanol–water partition coefficient (Wildman–Crippen LogP) is 5.39. The summed E-state index contributed by atoms with van der Waals surface area (Å²) in [5.74, 6) is 1.61. The molecule has 27 heavy (non-hydrogen) atoms. The average molecular weight is 396 g/mol. The standard InChI is InChI=1S/C21H21N3OS2/c1-4-7-17-23-20(19-12(2)13(3)27-21(19)24-17)26-11-14-10-18(25)22-16-9-6-5-8-15(14)16/h5-6,8-10H,4,7,11H2,1-3H3,(H,22,25). The van der Waals surface area contributed by atoms with Crippen LogP contribution in [0, 0.1) is 13.8 Å². The molecule has 0 saturated heterocycles. The molecule has 0 atom stereocenters. The zero-order chi connectivity index (χ0) is 19.0. The molecule has 6 heteroatoms. The third kappa shape index (κ3) is 3.51. The highest BCUT2D eigenvalue weighted by Gasteiger charge is 2.15. The van der Waals surface area contributed by atoms with E-state index >= 15 is 0 Å². The lowest BCUT2D eigenvalue weighted by Crippen LogP contribution is -2.06. The van der Waals surface area contributed by atoms with Crippen molar-refractivity contribution in [3.8, 4) is 0 Å². The molecule has 1 N–H and O–H groups in total. The van der Waals surface area contributed by atoms with Crippen molar-refractivity contribution < 1.29 is 0 Å². The van der Waals surface area contributed by atoms with E-state index < -0.39 is 0 Å². The number of hydrogen-bond donors (Lipinski definition) is 1. The lowest BCUT2D eigenvalue weighted by Gasteiger charge is -2.08. The summed E-state index contributed by atoms with van der Waals surface area (Å²) in [6.45, 7) is 6.43. The summed E-state index contributed by atoms with van der Waals surface area (Å²) in [5, 5.41) is 3.27. The van der Waals surface area contributed by atoms with Crippen molar-refractivity contribution >= 4 is 44.2 Å². The number of hydrogen-bond acceptors (Lipinski definition) is 5. The average Bonchev–Trinajstić information content (AvgIpc) is 2.93. The van der Waals surface area contributed by atoms with Gasteiger partial charge in [0, 0.05) is 39.4 Å². The summed E-state index contributed by atoms with van der Waals surface area (Å²) < 4.78 is 0. The number of thioether (sulfide) groups is 1. The van der Waals surface area contributed by atoms with Gasteiger partial charge in [0.05, 0.1) is 0 Å². The van der Waals surface area contributed by atoms with Gasteiger partial charge in [-0.1, -0.05) is 25.1 Å². The van der Waals surface area contributed by atoms with Crippen LogP contribution in [0.2, 0.25) is 0 Å². The van der Waals surface area contributed by atoms with E-state index in [0.29, 0.717) is 5.75 Å². The maximum atomic E-state index is 12.0. The first-order valence-corrected chi connectivity index (χ1v) is 10.9. The normalized spacial score (nSPS) is 11.5. The van der Waals surface area contributed by atoms with Crippen LogP contribution in [0.4, 0.5) is 0 Å². The topological polar surface area (TPSA) is 58.6 Å². The minimum atomic E-state index is -0.0636. The van der Waals surface area contributed by atoms with Crippen LogP contribution >= 0.6 is 23.1 Å². The van der Waals surface area contributed by atoms with E-state index in [4.69, 9.17) is 9.97 Å². The number of thiophene rings is 1. The van der Waals surface area contributed by atoms with Crippen LogP contribution in [0.3, 0.4) is 0 Å². The molecule has 0 bridgehead atoms. The van der Waals surface area contributed by atoms with Crippen LogP contribution in [0.15, 0.2) is 40.2 Å². The van der Waals surface area contributed by atoms with E-state index in [1.54, 1.807) is 29.2 Å². The van der Waals surface area contributed by atoms with Gasteiger partial charge >= 0.3 is 0 Å². The number of benzene rings is 1. The van der Waals surface area contributed by atoms with Crippen LogP contribution in [-0.2, 0) is 12.2 Å². The fourth-order valence-corrected chi connectivity index (χ4v) is 5.44. The minimum absolute atomic E-state index is 0.0636. The van der Waals surface area contributed by atoms with Crippen molar-refractivity contribution in [3.63, 3.8) is 0 Å². The molecular weight excluding hydrogens is 374 g/mol. The van der Waals surface area contributed by atoms with Gasteiger partial charge < -0.3 is 4.98 Å². The van der Waals surface area contributed by atoms with Crippen molar-refractivity contribution in [2.75, 3.05) is 0 Å². The Morgan fingerprint density at radius 1 is 1.19 bits per heavy atom. The van der Waals surface area contributed by atoms with Gasteiger partial charge in [-0.2, -0.15) is 0 Å². The second kappa shape index (κ2) is 7.44. The van der Waals surface area contributed by atoms with Crippen LogP contribution < -0.4 is 5.56 Å². The zero-order valence-corrected chi connectivity index (χ0v) is 17.3. The monoisotopic (exact) mass is 395 g/mol. The van der Waals surface area contributed by atoms with Crippen molar-refractivity contribution in [2.45, 2.75) is 44.4 Å². The third-order valence-electron chi connectivity index (χ3n) is 4.72. The molecular formula is C21H21N3OS2. The number of aromatic nitrogens is 3. The smallest absolute Gasteiger partial charge is 0.248 e. The molecule has 0 saturated carbocycles. The summed E-state index contributed by atoms with van der Waals surface area (Å²) in [6.07, 6.45) is 1.91. The first kappa shape index (κ1) is 18.2. The van der Waals surface area contributed by atoms with Gasteiger partial charge in [0.15, 0.2) is 0 Å². The number of nitrogens with zero attached hydrogens (tertiary/aromatic N) is 2. The van der Waals surface area contributed by atoms with Crippen LogP contribution in [0.1, 0.15) is 35.2 Å². The molecule has 3 heterocycles. The number of pyridine rings is 1. The third-order valence-corrected chi connectivity index (χ3v) is 6.84. The largest absolute Gasteiger partial charge is 0.322 e. The molecule has 0 aliphatic heterocycles. The second-order valence-electron chi connectivity index (χ2n) is 6.65. The molecule has 4 nitrogen and oxygen atoms in total. The van der Waals surface area contributed by atoms with Crippen molar-refractivity contribution in [3.05, 3.63) is 62.5 Å². The van der Waals surface area contributed by atoms with Crippen molar-refractivity contribution in [2.24, 2.45) is 0 Å². The Labute approximate surface area is 166 Å². The number of rotatable bonds is 5. The van der Waals surface area contributed by atoms with Gasteiger partial charge in [0.2, 0.25) is 5.56 Å². The maximum Gasteiger partial charge on any atom is 0.248 e. The quantitative estimate of drug-likeness (QED) is 0.363. The molecule has 4 rings (SSSR count). The van der Waals surface area contributed by atoms with Gasteiger partial charge in [-0.25, -0.2) is 9.97 Å². The summed E-state index contributed by atoms with van der Waals surface area (Å²) in [4.78, 5) is 26.9. The fraction of sp³-hybridized carbons (Fsp3) is 0.286. The molecule has 0 aliphatic rings. The van der Waals surface area contributed by atoms with Crippen LogP contribution in [-0.4, -0.2) is 15.0 Å². The lowest BCUT2D eigenvalue weighted by molar-refractivity contribution is 0.825. The number of nitrogens with one attached hydrogen (secondary N) is 1. The molecule has 0 unspecified atom stereocenters. The van der Waals surface area contributed by atoms with Gasteiger partial charge in [0.1, 0.15) is 15.7 Å². The molecule has 0 radical (unpaired) electrons. The Bertz CT molecular complexity index is 1190. The van der Waals surface area contributed by atoms with Crippen LogP contribution in [0.25, 0.3) is 21.1 Å². The Balaban J connectivity index is 1.77. The fourth-order valence-electron chi connectivity index (χ4n) is 3.24. The molecule has 0 spiro atoms. The molecule has 0 fully saturated rings. The Hall–Kier alpha value is -2.18. The van der Waals surface area contributed by atoms with E-state index in [-0.39, 0.29) is 5.56 Å². The van der Waals surface area contributed by atoms with Gasteiger partial charge in [0.25, 0.3) is 0 Å². The Morgan fingerprint density at radius 3 is 2.81 bits per heavy atom. The molecule has 0 amide bonds. The summed E-state index contributed by atoms with van der Waals surface area (Å²) >= 11 is 3.44. The van der Waals surface area contributed by atoms with Crippen molar-refractivity contribution in [1.82, 2.24) is 15.0 Å². The van der Waals surface area contributed by atoms with Gasteiger partial charge in [-0.3, -0.25) is 4.79 Å². The van der Waals surface area contributed by atoms with E-state index in [2.05, 4.69) is 31.8 Å². The molecule has 3 aromatic heterocycles. The predicted molar refractivity (Wildman–Crippen MR) is 115 cm³/mol. The first-order chi connectivity index (χ1) is 13.1. The molecule has 138 valence electrons. The number of H-pyrrole nitrogens is 1. The number of aryl methyl sites for hydroxylation is 3. The Morgan fingerprint density at radius 2 is 2.00 bits per heavy atom. The highest BCUT2D eigenvalue weighted by molar-refractivity contribution is 7.98. The van der Waals surface area contributed by atoms with E-state index in [1.165, 1.54) is 10.4 Å². The number of aromatic amines is 1. The summed E-state index contributed by atoms with van der Waals surface area (Å²) in [6, 6.07) is 9.65. The second-order valence-corrected chi connectivity index (χ2v) is 8.82. The van der Waals surface area contributed by atoms with E-state index in [0.717, 1.165) is 50.4 Å². The van der Waals surface area contributed by atoms with Crippen LogP contribution in [0.5, 0.6) is 0 Å². The van der Waals surface area contributed by atoms with E-state index in [1.807, 2.05) is 18.2 Å². The molecule has 4 aromatic rings. The highest BCUT2D eigenvalue weighted by Crippen LogP contribution is 2.36. The molecule has 1 aromatic carbocycles. The minimum Gasteiger partial charge on any atom is -0.322 e. The first-order valence-electron chi connectivity index (χ1n) is 9.07. The lowest BCUT2D eigenvalue weighted by atomic mass is 10.1.